The smallest absolute Gasteiger partial charge is 0.342 e. The van der Waals surface area contributed by atoms with Gasteiger partial charge in [0.2, 0.25) is 0 Å². The molecular weight excluding hydrogens is 438 g/mol. The largest absolute Gasteiger partial charge is 0.380 e. The van der Waals surface area contributed by atoms with E-state index in [0.717, 1.165) is 22.3 Å². The summed E-state index contributed by atoms with van der Waals surface area (Å²) in [5.41, 5.74) is 4.05. The summed E-state index contributed by atoms with van der Waals surface area (Å²) in [6.07, 6.45) is 8.06. The van der Waals surface area contributed by atoms with Crippen molar-refractivity contribution in [1.82, 2.24) is 34.1 Å². The van der Waals surface area contributed by atoms with Crippen LogP contribution in [0.5, 0.6) is 0 Å². The molecule has 0 fully saturated rings. The molecule has 0 saturated carbocycles. The van der Waals surface area contributed by atoms with Crippen LogP contribution >= 0.6 is 0 Å². The molecule has 3 N–H and O–H groups in total. The molecule has 12 nitrogen and oxygen atoms in total. The van der Waals surface area contributed by atoms with E-state index in [1.165, 1.54) is 10.8 Å². The SMILES string of the molecule is Cc1cc(-n2ccnc2)cc2[nH]c(-c3c(NCCn4c([N+](=O)[O-])cnc4C)cc[nH]c3=O)nc12. The fourth-order valence-electron chi connectivity index (χ4n) is 3.99. The van der Waals surface area contributed by atoms with Gasteiger partial charge in [0, 0.05) is 31.2 Å². The van der Waals surface area contributed by atoms with Crippen molar-refractivity contribution in [2.75, 3.05) is 11.9 Å². The fourth-order valence-corrected chi connectivity index (χ4v) is 3.99. The number of anilines is 1. The normalized spacial score (nSPS) is 11.2. The number of nitrogens with zero attached hydrogens (tertiary/aromatic N) is 6. The minimum absolute atomic E-state index is 0.0770. The monoisotopic (exact) mass is 459 g/mol. The summed E-state index contributed by atoms with van der Waals surface area (Å²) in [5, 5.41) is 14.4. The van der Waals surface area contributed by atoms with Gasteiger partial charge < -0.3 is 30.0 Å². The van der Waals surface area contributed by atoms with Crippen molar-refractivity contribution >= 4 is 22.5 Å². The Morgan fingerprint density at radius 3 is 2.88 bits per heavy atom. The Balaban J connectivity index is 1.47. The van der Waals surface area contributed by atoms with Gasteiger partial charge >= 0.3 is 5.82 Å². The molecule has 0 aliphatic rings. The Morgan fingerprint density at radius 2 is 2.12 bits per heavy atom. The molecule has 1 aromatic carbocycles. The number of aromatic nitrogens is 7. The van der Waals surface area contributed by atoms with Crippen LogP contribution in [0.25, 0.3) is 28.1 Å². The van der Waals surface area contributed by atoms with Gasteiger partial charge in [-0.1, -0.05) is 0 Å². The van der Waals surface area contributed by atoms with Crippen molar-refractivity contribution in [1.29, 1.82) is 0 Å². The molecule has 0 unspecified atom stereocenters. The number of hydrogen-bond donors (Lipinski definition) is 3. The number of pyridine rings is 1. The highest BCUT2D eigenvalue weighted by Gasteiger charge is 2.19. The van der Waals surface area contributed by atoms with Gasteiger partial charge in [0.25, 0.3) is 5.56 Å². The molecule has 0 saturated heterocycles. The van der Waals surface area contributed by atoms with Gasteiger partial charge in [0.1, 0.15) is 24.1 Å². The Bertz CT molecular complexity index is 1560. The first-order valence-electron chi connectivity index (χ1n) is 10.5. The van der Waals surface area contributed by atoms with Gasteiger partial charge in [0.05, 0.1) is 29.6 Å². The number of hydrogen-bond acceptors (Lipinski definition) is 7. The van der Waals surface area contributed by atoms with Crippen molar-refractivity contribution in [3.05, 3.63) is 81.2 Å². The van der Waals surface area contributed by atoms with Crippen LogP contribution in [-0.4, -0.2) is 45.5 Å². The number of nitro groups is 1. The van der Waals surface area contributed by atoms with E-state index in [4.69, 9.17) is 4.98 Å². The van der Waals surface area contributed by atoms with E-state index >= 15 is 0 Å². The van der Waals surface area contributed by atoms with Crippen molar-refractivity contribution in [3.8, 4) is 17.1 Å². The van der Waals surface area contributed by atoms with E-state index in [9.17, 15) is 14.9 Å². The van der Waals surface area contributed by atoms with E-state index in [-0.39, 0.29) is 11.4 Å². The summed E-state index contributed by atoms with van der Waals surface area (Å²) < 4.78 is 3.41. The highest BCUT2D eigenvalue weighted by Crippen LogP contribution is 2.27. The molecule has 0 aliphatic heterocycles. The fraction of sp³-hybridized carbons (Fsp3) is 0.182. The minimum Gasteiger partial charge on any atom is -0.380 e. The molecule has 5 aromatic rings. The second-order valence-electron chi connectivity index (χ2n) is 7.81. The second-order valence-corrected chi connectivity index (χ2v) is 7.81. The molecule has 0 amide bonds. The highest BCUT2D eigenvalue weighted by atomic mass is 16.6. The maximum atomic E-state index is 12.8. The van der Waals surface area contributed by atoms with Crippen LogP contribution in [0.4, 0.5) is 11.5 Å². The van der Waals surface area contributed by atoms with Crippen molar-refractivity contribution in [2.24, 2.45) is 0 Å². The predicted octanol–water partition coefficient (Wildman–Crippen LogP) is 2.94. The van der Waals surface area contributed by atoms with E-state index < -0.39 is 4.92 Å². The van der Waals surface area contributed by atoms with Crippen molar-refractivity contribution < 1.29 is 4.92 Å². The van der Waals surface area contributed by atoms with E-state index in [2.05, 4.69) is 25.3 Å². The van der Waals surface area contributed by atoms with E-state index in [1.54, 1.807) is 31.7 Å². The Hall–Kier alpha value is -4.74. The quantitative estimate of drug-likeness (QED) is 0.250. The molecule has 4 aromatic heterocycles. The minimum atomic E-state index is -0.465. The van der Waals surface area contributed by atoms with Gasteiger partial charge in [0.15, 0.2) is 5.82 Å². The van der Waals surface area contributed by atoms with Crippen LogP contribution in [-0.2, 0) is 6.54 Å². The van der Waals surface area contributed by atoms with Gasteiger partial charge in [-0.3, -0.25) is 4.79 Å². The van der Waals surface area contributed by atoms with Crippen LogP contribution in [0.2, 0.25) is 0 Å². The molecular formula is C22H21N9O3. The number of nitrogens with one attached hydrogen (secondary N) is 3. The molecule has 0 atom stereocenters. The average molecular weight is 459 g/mol. The second kappa shape index (κ2) is 8.31. The van der Waals surface area contributed by atoms with Gasteiger partial charge in [-0.05, 0) is 35.6 Å². The van der Waals surface area contributed by atoms with E-state index in [1.807, 2.05) is 29.8 Å². The van der Waals surface area contributed by atoms with Gasteiger partial charge in [-0.2, -0.15) is 0 Å². The van der Waals surface area contributed by atoms with Crippen molar-refractivity contribution in [2.45, 2.75) is 20.4 Å². The number of rotatable bonds is 7. The number of H-pyrrole nitrogens is 2. The highest BCUT2D eigenvalue weighted by molar-refractivity contribution is 5.86. The molecule has 0 radical (unpaired) electrons. The molecule has 172 valence electrons. The number of fused-ring (bicyclic) bond motifs is 1. The van der Waals surface area contributed by atoms with Crippen LogP contribution in [0.3, 0.4) is 0 Å². The third kappa shape index (κ3) is 3.70. The number of aryl methyl sites for hydroxylation is 2. The van der Waals surface area contributed by atoms with Crippen LogP contribution in [0.1, 0.15) is 11.4 Å². The summed E-state index contributed by atoms with van der Waals surface area (Å²) in [5.74, 6) is 0.892. The topological polar surface area (TPSA) is 152 Å². The summed E-state index contributed by atoms with van der Waals surface area (Å²) in [4.78, 5) is 42.3. The molecule has 0 aliphatic carbocycles. The summed E-state index contributed by atoms with van der Waals surface area (Å²) in [6.45, 7) is 4.32. The zero-order valence-electron chi connectivity index (χ0n) is 18.4. The summed E-state index contributed by atoms with van der Waals surface area (Å²) >= 11 is 0. The predicted molar refractivity (Wildman–Crippen MR) is 126 cm³/mol. The van der Waals surface area contributed by atoms with Crippen LogP contribution in [0, 0.1) is 24.0 Å². The average Bonchev–Trinajstić information content (AvgIpc) is 3.54. The summed E-state index contributed by atoms with van der Waals surface area (Å²) in [6, 6.07) is 5.69. The third-order valence-corrected chi connectivity index (χ3v) is 5.63. The molecule has 12 heteroatoms. The lowest BCUT2D eigenvalue weighted by molar-refractivity contribution is -0.392. The van der Waals surface area contributed by atoms with Gasteiger partial charge in [-0.25, -0.2) is 19.5 Å². The maximum absolute atomic E-state index is 12.8. The standard InChI is InChI=1S/C22H21N9O3/c1-13-9-15(29-7-5-23-12-29)10-17-20(13)28-21(27-17)19-16(3-4-25-22(19)32)24-6-8-30-14(2)26-11-18(30)31(33)34/h3-5,7,9-12H,6,8H2,1-2H3,(H,27,28)(H2,24,25,32). The molecule has 5 rings (SSSR count). The Labute approximate surface area is 192 Å². The first-order valence-corrected chi connectivity index (χ1v) is 10.5. The lowest BCUT2D eigenvalue weighted by Crippen LogP contribution is -2.17. The zero-order chi connectivity index (χ0) is 23.8. The Morgan fingerprint density at radius 1 is 1.26 bits per heavy atom. The maximum Gasteiger partial charge on any atom is 0.342 e. The molecule has 0 bridgehead atoms. The lowest BCUT2D eigenvalue weighted by atomic mass is 10.2. The van der Waals surface area contributed by atoms with Crippen LogP contribution in [0.15, 0.2) is 54.1 Å². The first-order chi connectivity index (χ1) is 16.4. The Kier molecular flexibility index (Phi) is 5.17. The zero-order valence-corrected chi connectivity index (χ0v) is 18.4. The van der Waals surface area contributed by atoms with E-state index in [0.29, 0.717) is 36.0 Å². The lowest BCUT2D eigenvalue weighted by Gasteiger charge is -2.09. The number of benzene rings is 1. The number of imidazole rings is 3. The first kappa shape index (κ1) is 21.1. The third-order valence-electron chi connectivity index (χ3n) is 5.63. The summed E-state index contributed by atoms with van der Waals surface area (Å²) in [7, 11) is 0. The van der Waals surface area contributed by atoms with Gasteiger partial charge in [-0.15, -0.1) is 0 Å². The molecule has 34 heavy (non-hydrogen) atoms. The number of aromatic amines is 2. The van der Waals surface area contributed by atoms with Crippen LogP contribution < -0.4 is 10.9 Å². The molecule has 0 spiro atoms. The van der Waals surface area contributed by atoms with Crippen molar-refractivity contribution in [3.63, 3.8) is 0 Å². The molecule has 4 heterocycles.